The molecule has 0 aromatic heterocycles. The quantitative estimate of drug-likeness (QED) is 0.698. The summed E-state index contributed by atoms with van der Waals surface area (Å²) in [6, 6.07) is 1.98. The van der Waals surface area contributed by atoms with Crippen LogP contribution in [0.2, 0.25) is 0 Å². The van der Waals surface area contributed by atoms with Gasteiger partial charge in [-0.05, 0) is 12.3 Å². The first-order valence-electron chi connectivity index (χ1n) is 5.59. The van der Waals surface area contributed by atoms with Crippen LogP contribution in [-0.4, -0.2) is 34.0 Å². The lowest BCUT2D eigenvalue weighted by Gasteiger charge is -2.53. The predicted molar refractivity (Wildman–Crippen MR) is 61.3 cm³/mol. The van der Waals surface area contributed by atoms with Crippen molar-refractivity contribution in [3.8, 4) is 6.07 Å². The Morgan fingerprint density at radius 3 is 2.47 bits per heavy atom. The Hall–Kier alpha value is -1.57. The SMILES string of the molecule is CC(C)(C)[C@]1(C)C(C#N)C(=O)CCN1C(=O)O. The maximum Gasteiger partial charge on any atom is 0.407 e. The van der Waals surface area contributed by atoms with Gasteiger partial charge in [0.25, 0.3) is 0 Å². The molecule has 0 aliphatic carbocycles. The van der Waals surface area contributed by atoms with Crippen molar-refractivity contribution in [2.24, 2.45) is 11.3 Å². The van der Waals surface area contributed by atoms with Gasteiger partial charge in [0.05, 0.1) is 11.6 Å². The molecule has 2 atom stereocenters. The van der Waals surface area contributed by atoms with Gasteiger partial charge < -0.3 is 10.0 Å². The molecule has 0 radical (unpaired) electrons. The summed E-state index contributed by atoms with van der Waals surface area (Å²) < 4.78 is 0. The number of piperidine rings is 1. The van der Waals surface area contributed by atoms with Crippen LogP contribution in [0.15, 0.2) is 0 Å². The van der Waals surface area contributed by atoms with Crippen molar-refractivity contribution in [1.29, 1.82) is 5.26 Å². The summed E-state index contributed by atoms with van der Waals surface area (Å²) in [7, 11) is 0. The Morgan fingerprint density at radius 2 is 2.12 bits per heavy atom. The number of nitriles is 1. The summed E-state index contributed by atoms with van der Waals surface area (Å²) in [6.07, 6.45) is -0.953. The zero-order valence-corrected chi connectivity index (χ0v) is 10.6. The minimum Gasteiger partial charge on any atom is -0.465 e. The highest BCUT2D eigenvalue weighted by atomic mass is 16.4. The molecule has 5 nitrogen and oxygen atoms in total. The third-order valence-corrected chi connectivity index (χ3v) is 3.91. The molecule has 0 saturated carbocycles. The number of amides is 1. The van der Waals surface area contributed by atoms with E-state index in [1.807, 2.05) is 26.8 Å². The van der Waals surface area contributed by atoms with Crippen LogP contribution >= 0.6 is 0 Å². The van der Waals surface area contributed by atoms with Crippen molar-refractivity contribution in [2.75, 3.05) is 6.54 Å². The van der Waals surface area contributed by atoms with Gasteiger partial charge in [-0.1, -0.05) is 20.8 Å². The first-order chi connectivity index (χ1) is 7.66. The maximum absolute atomic E-state index is 11.8. The monoisotopic (exact) mass is 238 g/mol. The summed E-state index contributed by atoms with van der Waals surface area (Å²) in [5.74, 6) is -1.06. The van der Waals surface area contributed by atoms with Gasteiger partial charge >= 0.3 is 6.09 Å². The lowest BCUT2D eigenvalue weighted by molar-refractivity contribution is -0.134. The van der Waals surface area contributed by atoms with Crippen molar-refractivity contribution in [2.45, 2.75) is 39.7 Å². The van der Waals surface area contributed by atoms with Gasteiger partial charge in [-0.15, -0.1) is 0 Å². The molecule has 0 bridgehead atoms. The molecule has 1 unspecified atom stereocenters. The number of nitrogens with zero attached hydrogens (tertiary/aromatic N) is 2. The molecule has 0 aromatic carbocycles. The summed E-state index contributed by atoms with van der Waals surface area (Å²) in [5.41, 5.74) is -1.47. The van der Waals surface area contributed by atoms with E-state index in [-0.39, 0.29) is 18.7 Å². The molecule has 1 saturated heterocycles. The Bertz CT molecular complexity index is 392. The summed E-state index contributed by atoms with van der Waals surface area (Å²) in [6.45, 7) is 7.41. The van der Waals surface area contributed by atoms with E-state index in [9.17, 15) is 14.7 Å². The standard InChI is InChI=1S/C12H18N2O3/c1-11(2,3)12(4)8(7-13)9(15)5-6-14(12)10(16)17/h8H,5-6H2,1-4H3,(H,16,17)/t8?,12-/m0/s1. The smallest absolute Gasteiger partial charge is 0.407 e. The van der Waals surface area contributed by atoms with E-state index in [1.54, 1.807) is 6.92 Å². The van der Waals surface area contributed by atoms with Crippen molar-refractivity contribution in [3.05, 3.63) is 0 Å². The molecule has 0 spiro atoms. The summed E-state index contributed by atoms with van der Waals surface area (Å²) >= 11 is 0. The minimum absolute atomic E-state index is 0.121. The van der Waals surface area contributed by atoms with Crippen LogP contribution in [0, 0.1) is 22.7 Å². The molecule has 0 aromatic rings. The summed E-state index contributed by atoms with van der Waals surface area (Å²) in [4.78, 5) is 24.3. The van der Waals surface area contributed by atoms with Crippen LogP contribution in [0.5, 0.6) is 0 Å². The third-order valence-electron chi connectivity index (χ3n) is 3.91. The van der Waals surface area contributed by atoms with Gasteiger partial charge in [0.1, 0.15) is 5.92 Å². The molecule has 1 rings (SSSR count). The van der Waals surface area contributed by atoms with Crippen molar-refractivity contribution in [3.63, 3.8) is 0 Å². The first kappa shape index (κ1) is 13.5. The van der Waals surface area contributed by atoms with Crippen LogP contribution in [0.1, 0.15) is 34.1 Å². The molecular formula is C12H18N2O3. The van der Waals surface area contributed by atoms with Gasteiger partial charge in [-0.25, -0.2) is 4.79 Å². The fraction of sp³-hybridized carbons (Fsp3) is 0.750. The van der Waals surface area contributed by atoms with Crippen LogP contribution in [-0.2, 0) is 4.79 Å². The normalized spacial score (nSPS) is 29.9. The van der Waals surface area contributed by atoms with Crippen LogP contribution < -0.4 is 0 Å². The molecule has 1 aliphatic rings. The molecule has 17 heavy (non-hydrogen) atoms. The molecule has 1 aliphatic heterocycles. The molecule has 1 fully saturated rings. The Morgan fingerprint density at radius 1 is 1.59 bits per heavy atom. The molecule has 1 heterocycles. The number of ketones is 1. The number of carbonyl (C=O) groups excluding carboxylic acids is 1. The van der Waals surface area contributed by atoms with E-state index in [2.05, 4.69) is 0 Å². The molecule has 1 N–H and O–H groups in total. The zero-order valence-electron chi connectivity index (χ0n) is 10.6. The number of hydrogen-bond donors (Lipinski definition) is 1. The highest BCUT2D eigenvalue weighted by Gasteiger charge is 2.55. The van der Waals surface area contributed by atoms with Crippen molar-refractivity contribution in [1.82, 2.24) is 4.90 Å². The van der Waals surface area contributed by atoms with Gasteiger partial charge in [0, 0.05) is 13.0 Å². The Labute approximate surface area is 101 Å². The van der Waals surface area contributed by atoms with Gasteiger partial charge in [0.2, 0.25) is 0 Å². The Balaban J connectivity index is 3.35. The number of hydrogen-bond acceptors (Lipinski definition) is 3. The summed E-state index contributed by atoms with van der Waals surface area (Å²) in [5, 5.41) is 18.4. The van der Waals surface area contributed by atoms with Crippen molar-refractivity contribution >= 4 is 11.9 Å². The largest absolute Gasteiger partial charge is 0.465 e. The second-order valence-electron chi connectivity index (χ2n) is 5.61. The minimum atomic E-state index is -1.07. The molecule has 5 heteroatoms. The Kier molecular flexibility index (Phi) is 3.19. The number of carbonyl (C=O) groups is 2. The van der Waals surface area contributed by atoms with E-state index >= 15 is 0 Å². The lowest BCUT2D eigenvalue weighted by Crippen LogP contribution is -2.65. The average molecular weight is 238 g/mol. The fourth-order valence-electron chi connectivity index (χ4n) is 2.40. The highest BCUT2D eigenvalue weighted by molar-refractivity contribution is 5.87. The van der Waals surface area contributed by atoms with E-state index in [1.165, 1.54) is 4.90 Å². The zero-order chi connectivity index (χ0) is 13.4. The number of carboxylic acid groups (broad SMARTS) is 1. The van der Waals surface area contributed by atoms with Gasteiger partial charge in [-0.2, -0.15) is 5.26 Å². The van der Waals surface area contributed by atoms with Crippen molar-refractivity contribution < 1.29 is 14.7 Å². The molecular weight excluding hydrogens is 220 g/mol. The molecule has 1 amide bonds. The first-order valence-corrected chi connectivity index (χ1v) is 5.59. The number of likely N-dealkylation sites (tertiary alicyclic amines) is 1. The number of rotatable bonds is 0. The predicted octanol–water partition coefficient (Wildman–Crippen LogP) is 1.88. The van der Waals surface area contributed by atoms with E-state index in [0.29, 0.717) is 0 Å². The number of Topliss-reactive ketones (excluding diaryl/α,β-unsaturated/α-hetero) is 1. The van der Waals surface area contributed by atoms with Crippen LogP contribution in [0.4, 0.5) is 4.79 Å². The second kappa shape index (κ2) is 4.02. The average Bonchev–Trinajstić information content (AvgIpc) is 2.15. The molecule has 94 valence electrons. The fourth-order valence-corrected chi connectivity index (χ4v) is 2.40. The second-order valence-corrected chi connectivity index (χ2v) is 5.61. The van der Waals surface area contributed by atoms with E-state index < -0.39 is 23.0 Å². The maximum atomic E-state index is 11.8. The van der Waals surface area contributed by atoms with E-state index in [4.69, 9.17) is 5.26 Å². The van der Waals surface area contributed by atoms with Crippen LogP contribution in [0.25, 0.3) is 0 Å². The topological polar surface area (TPSA) is 81.4 Å². The van der Waals surface area contributed by atoms with Crippen LogP contribution in [0.3, 0.4) is 0 Å². The van der Waals surface area contributed by atoms with E-state index in [0.717, 1.165) is 0 Å². The third kappa shape index (κ3) is 1.88. The van der Waals surface area contributed by atoms with Gasteiger partial charge in [0.15, 0.2) is 5.78 Å². The van der Waals surface area contributed by atoms with Gasteiger partial charge in [-0.3, -0.25) is 4.79 Å². The lowest BCUT2D eigenvalue weighted by atomic mass is 9.63. The highest BCUT2D eigenvalue weighted by Crippen LogP contribution is 2.44.